The first-order valence-electron chi connectivity index (χ1n) is 20.0. The van der Waals surface area contributed by atoms with Gasteiger partial charge in [-0.1, -0.05) is 160 Å². The molecule has 0 fully saturated rings. The van der Waals surface area contributed by atoms with Crippen LogP contribution in [0.15, 0.2) is 212 Å². The lowest BCUT2D eigenvalue weighted by atomic mass is 9.81. The number of benzene rings is 7. The van der Waals surface area contributed by atoms with Gasteiger partial charge in [-0.05, 0) is 123 Å². The van der Waals surface area contributed by atoms with E-state index in [0.29, 0.717) is 5.92 Å². The molecule has 0 bridgehead atoms. The molecular weight excluding hydrogens is 689 g/mol. The molecule has 3 aliphatic carbocycles. The van der Waals surface area contributed by atoms with Crippen LogP contribution in [-0.4, -0.2) is 0 Å². The van der Waals surface area contributed by atoms with Gasteiger partial charge in [0.2, 0.25) is 0 Å². The first kappa shape index (κ1) is 34.6. The molecule has 0 amide bonds. The Bertz CT molecular complexity index is 2740. The SMILES string of the molecule is CC1(C)c2cc(/C=C/c3ccc(N(C4=CC=C5C=CC=CC5C4)c4ccc5ccccc5c4)cc3)ccc2-c2ccc(N(c3ccccc3)c3ccccc3)cc21. The van der Waals surface area contributed by atoms with Crippen molar-refractivity contribution < 1.29 is 0 Å². The van der Waals surface area contributed by atoms with Crippen LogP contribution < -0.4 is 9.80 Å². The number of anilines is 5. The Morgan fingerprint density at radius 3 is 1.82 bits per heavy atom. The van der Waals surface area contributed by atoms with Gasteiger partial charge in [-0.25, -0.2) is 0 Å². The summed E-state index contributed by atoms with van der Waals surface area (Å²) in [6.07, 6.45) is 18.9. The van der Waals surface area contributed by atoms with Crippen LogP contribution in [0, 0.1) is 5.92 Å². The summed E-state index contributed by atoms with van der Waals surface area (Å²) >= 11 is 0. The molecule has 0 aromatic heterocycles. The molecule has 274 valence electrons. The van der Waals surface area contributed by atoms with E-state index < -0.39 is 0 Å². The molecule has 0 saturated carbocycles. The molecular formula is C55H44N2. The highest BCUT2D eigenvalue weighted by molar-refractivity contribution is 5.89. The summed E-state index contributed by atoms with van der Waals surface area (Å²) in [5, 5.41) is 2.50. The minimum atomic E-state index is -0.148. The molecule has 1 unspecified atom stereocenters. The van der Waals surface area contributed by atoms with E-state index in [2.05, 4.69) is 236 Å². The van der Waals surface area contributed by atoms with Crippen LogP contribution in [0.3, 0.4) is 0 Å². The zero-order valence-corrected chi connectivity index (χ0v) is 32.4. The number of allylic oxidation sites excluding steroid dienone is 8. The molecule has 0 heterocycles. The molecule has 3 aliphatic rings. The molecule has 2 nitrogen and oxygen atoms in total. The monoisotopic (exact) mass is 732 g/mol. The molecule has 0 N–H and O–H groups in total. The zero-order valence-electron chi connectivity index (χ0n) is 32.4. The van der Waals surface area contributed by atoms with Crippen molar-refractivity contribution in [3.63, 3.8) is 0 Å². The lowest BCUT2D eigenvalue weighted by Crippen LogP contribution is -2.21. The van der Waals surface area contributed by atoms with Crippen molar-refractivity contribution >= 4 is 51.4 Å². The summed E-state index contributed by atoms with van der Waals surface area (Å²) in [6.45, 7) is 4.73. The lowest BCUT2D eigenvalue weighted by Gasteiger charge is -2.32. The third kappa shape index (κ3) is 6.44. The highest BCUT2D eigenvalue weighted by Gasteiger charge is 2.36. The van der Waals surface area contributed by atoms with E-state index in [1.165, 1.54) is 66.8 Å². The summed E-state index contributed by atoms with van der Waals surface area (Å²) in [6, 6.07) is 59.7. The molecule has 10 rings (SSSR count). The third-order valence-corrected chi connectivity index (χ3v) is 11.9. The third-order valence-electron chi connectivity index (χ3n) is 11.9. The van der Waals surface area contributed by atoms with Gasteiger partial charge in [-0.15, -0.1) is 0 Å². The first-order valence-corrected chi connectivity index (χ1v) is 20.0. The Balaban J connectivity index is 0.936. The van der Waals surface area contributed by atoms with E-state index in [1.54, 1.807) is 0 Å². The van der Waals surface area contributed by atoms with Gasteiger partial charge in [0, 0.05) is 45.5 Å². The number of para-hydroxylation sites is 2. The predicted octanol–water partition coefficient (Wildman–Crippen LogP) is 14.9. The van der Waals surface area contributed by atoms with E-state index in [9.17, 15) is 0 Å². The summed E-state index contributed by atoms with van der Waals surface area (Å²) in [5.41, 5.74) is 16.1. The highest BCUT2D eigenvalue weighted by atomic mass is 15.2. The number of hydrogen-bond donors (Lipinski definition) is 0. The quantitative estimate of drug-likeness (QED) is 0.144. The standard InChI is InChI=1S/C55H44N2/c1-55(2)53-35-40(25-33-51(53)52-34-32-50(38-54(52)55)56(45-17-5-3-6-18-45)46-19-7-4-8-20-46)22-21-39-23-28-47(29-24-39)57(48-30-26-41-13-9-11-15-43(41)36-48)49-31-27-42-14-10-12-16-44(42)37-49/h3-36,38,44H,37H2,1-2H3/b22-21+. The second-order valence-corrected chi connectivity index (χ2v) is 15.8. The summed E-state index contributed by atoms with van der Waals surface area (Å²) < 4.78 is 0. The molecule has 0 radical (unpaired) electrons. The van der Waals surface area contributed by atoms with Gasteiger partial charge >= 0.3 is 0 Å². The largest absolute Gasteiger partial charge is 0.314 e. The van der Waals surface area contributed by atoms with Crippen LogP contribution in [0.2, 0.25) is 0 Å². The van der Waals surface area contributed by atoms with Crippen LogP contribution in [0.25, 0.3) is 34.1 Å². The Kier molecular flexibility index (Phi) is 8.68. The van der Waals surface area contributed by atoms with Gasteiger partial charge in [0.05, 0.1) is 0 Å². The second kappa shape index (κ2) is 14.3. The minimum absolute atomic E-state index is 0.148. The Morgan fingerprint density at radius 2 is 1.07 bits per heavy atom. The zero-order chi connectivity index (χ0) is 38.3. The van der Waals surface area contributed by atoms with Gasteiger partial charge in [-0.3, -0.25) is 0 Å². The van der Waals surface area contributed by atoms with Crippen molar-refractivity contribution in [2.24, 2.45) is 5.92 Å². The van der Waals surface area contributed by atoms with Crippen molar-refractivity contribution in [2.75, 3.05) is 9.80 Å². The van der Waals surface area contributed by atoms with Gasteiger partial charge < -0.3 is 9.80 Å². The van der Waals surface area contributed by atoms with Crippen molar-refractivity contribution in [1.29, 1.82) is 0 Å². The average molecular weight is 733 g/mol. The normalized spacial score (nSPS) is 16.1. The molecule has 0 saturated heterocycles. The number of rotatable bonds is 8. The average Bonchev–Trinajstić information content (AvgIpc) is 3.49. The summed E-state index contributed by atoms with van der Waals surface area (Å²) in [4.78, 5) is 4.79. The Labute approximate surface area is 336 Å². The molecule has 2 heteroatoms. The minimum Gasteiger partial charge on any atom is -0.314 e. The fourth-order valence-corrected chi connectivity index (χ4v) is 8.93. The summed E-state index contributed by atoms with van der Waals surface area (Å²) in [7, 11) is 0. The lowest BCUT2D eigenvalue weighted by molar-refractivity contribution is 0.660. The van der Waals surface area contributed by atoms with Crippen molar-refractivity contribution in [1.82, 2.24) is 0 Å². The van der Waals surface area contributed by atoms with Crippen LogP contribution in [0.4, 0.5) is 28.4 Å². The molecule has 7 aromatic rings. The second-order valence-electron chi connectivity index (χ2n) is 15.8. The van der Waals surface area contributed by atoms with Crippen molar-refractivity contribution in [2.45, 2.75) is 25.7 Å². The van der Waals surface area contributed by atoms with Crippen LogP contribution >= 0.6 is 0 Å². The molecule has 7 aromatic carbocycles. The maximum atomic E-state index is 2.43. The molecule has 0 spiro atoms. The first-order chi connectivity index (χ1) is 28.0. The maximum absolute atomic E-state index is 2.43. The van der Waals surface area contributed by atoms with E-state index in [4.69, 9.17) is 0 Å². The van der Waals surface area contributed by atoms with E-state index in [-0.39, 0.29) is 5.41 Å². The number of fused-ring (bicyclic) bond motifs is 5. The fourth-order valence-electron chi connectivity index (χ4n) is 8.93. The molecule has 0 aliphatic heterocycles. The topological polar surface area (TPSA) is 6.48 Å². The molecule has 1 atom stereocenters. The van der Waals surface area contributed by atoms with E-state index in [0.717, 1.165) is 23.5 Å². The van der Waals surface area contributed by atoms with Gasteiger partial charge in [0.15, 0.2) is 0 Å². The Morgan fingerprint density at radius 1 is 0.491 bits per heavy atom. The van der Waals surface area contributed by atoms with Gasteiger partial charge in [-0.2, -0.15) is 0 Å². The number of nitrogens with zero attached hydrogens (tertiary/aromatic N) is 2. The Hall–Kier alpha value is -6.90. The van der Waals surface area contributed by atoms with E-state index in [1.807, 2.05) is 0 Å². The van der Waals surface area contributed by atoms with Gasteiger partial charge in [0.25, 0.3) is 0 Å². The maximum Gasteiger partial charge on any atom is 0.0465 e. The smallest absolute Gasteiger partial charge is 0.0465 e. The van der Waals surface area contributed by atoms with Crippen molar-refractivity contribution in [3.8, 4) is 11.1 Å². The van der Waals surface area contributed by atoms with Crippen LogP contribution in [-0.2, 0) is 5.41 Å². The fraction of sp³-hybridized carbons (Fsp3) is 0.0909. The number of hydrogen-bond acceptors (Lipinski definition) is 2. The summed E-state index contributed by atoms with van der Waals surface area (Å²) in [5.74, 6) is 0.394. The highest BCUT2D eigenvalue weighted by Crippen LogP contribution is 2.51. The van der Waals surface area contributed by atoms with Crippen LogP contribution in [0.1, 0.15) is 42.5 Å². The van der Waals surface area contributed by atoms with Crippen molar-refractivity contribution in [3.05, 3.63) is 234 Å². The van der Waals surface area contributed by atoms with Gasteiger partial charge in [0.1, 0.15) is 0 Å². The van der Waals surface area contributed by atoms with Crippen LogP contribution in [0.5, 0.6) is 0 Å². The predicted molar refractivity (Wildman–Crippen MR) is 243 cm³/mol. The molecule has 57 heavy (non-hydrogen) atoms. The van der Waals surface area contributed by atoms with E-state index >= 15 is 0 Å².